The number of ether oxygens (including phenoxy) is 1. The predicted molar refractivity (Wildman–Crippen MR) is 138 cm³/mol. The van der Waals surface area contributed by atoms with E-state index in [0.29, 0.717) is 19.6 Å². The standard InChI is InChI=1S/C29H37N3O5/c1-4-10-19(2)31-16-9-14-29-24(27(35)32(20(3)18-33)25(29)28(31)36)23-22(37-29)13-8-15-30(26(23)34)17-21-11-6-5-7-12-21/h5-9,11-14,19-20,22-25,33H,4,10,15-18H2,1-3H3/t19?,20-,22-,23+,24+,25?,29+/m1/s1. The first-order chi connectivity index (χ1) is 17.8. The summed E-state index contributed by atoms with van der Waals surface area (Å²) in [6.45, 7) is 6.83. The van der Waals surface area contributed by atoms with Crippen LogP contribution >= 0.6 is 0 Å². The molecule has 198 valence electrons. The molecule has 1 aromatic rings. The number of amides is 3. The number of carbonyl (C=O) groups excluding carboxylic acids is 3. The maximum absolute atomic E-state index is 14.1. The Kier molecular flexibility index (Phi) is 6.98. The highest BCUT2D eigenvalue weighted by molar-refractivity contribution is 6.00. The van der Waals surface area contributed by atoms with Gasteiger partial charge in [0.1, 0.15) is 11.6 Å². The van der Waals surface area contributed by atoms with Gasteiger partial charge in [0.2, 0.25) is 17.7 Å². The number of rotatable bonds is 7. The summed E-state index contributed by atoms with van der Waals surface area (Å²) in [7, 11) is 0. The van der Waals surface area contributed by atoms with Crippen LogP contribution in [0.4, 0.5) is 0 Å². The molecule has 2 unspecified atom stereocenters. The zero-order valence-electron chi connectivity index (χ0n) is 21.8. The molecule has 1 spiro atoms. The first kappa shape index (κ1) is 25.7. The molecule has 2 saturated heterocycles. The van der Waals surface area contributed by atoms with E-state index < -0.39 is 35.6 Å². The van der Waals surface area contributed by atoms with Gasteiger partial charge in [0.15, 0.2) is 0 Å². The van der Waals surface area contributed by atoms with Crippen LogP contribution in [-0.4, -0.2) is 87.1 Å². The second-order valence-corrected chi connectivity index (χ2v) is 10.8. The Bertz CT molecular complexity index is 1100. The van der Waals surface area contributed by atoms with Gasteiger partial charge < -0.3 is 24.5 Å². The van der Waals surface area contributed by atoms with E-state index in [1.807, 2.05) is 66.5 Å². The number of hydrogen-bond acceptors (Lipinski definition) is 5. The van der Waals surface area contributed by atoms with Crippen molar-refractivity contribution in [2.75, 3.05) is 19.7 Å². The van der Waals surface area contributed by atoms with Gasteiger partial charge in [-0.1, -0.05) is 68.0 Å². The van der Waals surface area contributed by atoms with E-state index in [2.05, 4.69) is 6.92 Å². The Morgan fingerprint density at radius 2 is 1.78 bits per heavy atom. The predicted octanol–water partition coefficient (Wildman–Crippen LogP) is 2.13. The number of aliphatic hydroxyl groups excluding tert-OH is 1. The first-order valence-electron chi connectivity index (χ1n) is 13.4. The van der Waals surface area contributed by atoms with Crippen molar-refractivity contribution in [1.82, 2.24) is 14.7 Å². The monoisotopic (exact) mass is 507 g/mol. The fourth-order valence-electron chi connectivity index (χ4n) is 6.62. The average Bonchev–Trinajstić information content (AvgIpc) is 3.22. The van der Waals surface area contributed by atoms with Gasteiger partial charge >= 0.3 is 0 Å². The molecule has 8 nitrogen and oxygen atoms in total. The number of nitrogens with zero attached hydrogens (tertiary/aromatic N) is 3. The third kappa shape index (κ3) is 4.10. The van der Waals surface area contributed by atoms with E-state index in [-0.39, 0.29) is 30.4 Å². The molecule has 0 saturated carbocycles. The number of aliphatic hydroxyl groups is 1. The maximum atomic E-state index is 14.1. The fraction of sp³-hybridized carbons (Fsp3) is 0.552. The van der Waals surface area contributed by atoms with Gasteiger partial charge in [-0.25, -0.2) is 0 Å². The van der Waals surface area contributed by atoms with Gasteiger partial charge in [-0.05, 0) is 25.8 Å². The summed E-state index contributed by atoms with van der Waals surface area (Å²) in [6.07, 6.45) is 8.75. The van der Waals surface area contributed by atoms with E-state index in [4.69, 9.17) is 4.74 Å². The molecule has 0 aromatic heterocycles. The minimum absolute atomic E-state index is 0.00694. The zero-order chi connectivity index (χ0) is 26.3. The summed E-state index contributed by atoms with van der Waals surface area (Å²) in [6, 6.07) is 8.25. The molecule has 5 rings (SSSR count). The third-order valence-electron chi connectivity index (χ3n) is 8.41. The molecule has 8 heteroatoms. The molecule has 1 aromatic carbocycles. The molecule has 2 fully saturated rings. The van der Waals surface area contributed by atoms with Crippen molar-refractivity contribution in [2.24, 2.45) is 11.8 Å². The van der Waals surface area contributed by atoms with Crippen LogP contribution in [-0.2, 0) is 25.7 Å². The molecule has 7 atom stereocenters. The average molecular weight is 508 g/mol. The minimum Gasteiger partial charge on any atom is -0.394 e. The topological polar surface area (TPSA) is 90.4 Å². The Morgan fingerprint density at radius 1 is 1.03 bits per heavy atom. The Balaban J connectivity index is 1.55. The highest BCUT2D eigenvalue weighted by atomic mass is 16.5. The van der Waals surface area contributed by atoms with Crippen LogP contribution < -0.4 is 0 Å². The van der Waals surface area contributed by atoms with Crippen LogP contribution in [0.2, 0.25) is 0 Å². The molecule has 3 amide bonds. The van der Waals surface area contributed by atoms with Crippen LogP contribution in [0.15, 0.2) is 54.6 Å². The van der Waals surface area contributed by atoms with Crippen molar-refractivity contribution in [1.29, 1.82) is 0 Å². The van der Waals surface area contributed by atoms with E-state index in [9.17, 15) is 19.5 Å². The lowest BCUT2D eigenvalue weighted by Gasteiger charge is -2.39. The van der Waals surface area contributed by atoms with E-state index >= 15 is 0 Å². The van der Waals surface area contributed by atoms with E-state index in [0.717, 1.165) is 18.4 Å². The van der Waals surface area contributed by atoms with Crippen molar-refractivity contribution >= 4 is 17.7 Å². The second-order valence-electron chi connectivity index (χ2n) is 10.8. The smallest absolute Gasteiger partial charge is 0.249 e. The highest BCUT2D eigenvalue weighted by Crippen LogP contribution is 2.54. The van der Waals surface area contributed by atoms with E-state index in [1.165, 1.54) is 4.90 Å². The summed E-state index contributed by atoms with van der Waals surface area (Å²) in [4.78, 5) is 47.3. The summed E-state index contributed by atoms with van der Waals surface area (Å²) in [5.41, 5.74) is -0.254. The number of likely N-dealkylation sites (tertiary alicyclic amines) is 1. The lowest BCUT2D eigenvalue weighted by molar-refractivity contribution is -0.152. The molecule has 4 aliphatic heterocycles. The van der Waals surface area contributed by atoms with Crippen LogP contribution in [0.1, 0.15) is 39.2 Å². The van der Waals surface area contributed by atoms with Gasteiger partial charge in [-0.3, -0.25) is 14.4 Å². The number of fused-ring (bicyclic) bond motifs is 2. The quantitative estimate of drug-likeness (QED) is 0.571. The van der Waals surface area contributed by atoms with E-state index in [1.54, 1.807) is 11.8 Å². The molecule has 4 heterocycles. The van der Waals surface area contributed by atoms with Crippen molar-refractivity contribution < 1.29 is 24.2 Å². The molecule has 37 heavy (non-hydrogen) atoms. The van der Waals surface area contributed by atoms with Crippen LogP contribution in [0, 0.1) is 11.8 Å². The molecular formula is C29H37N3O5. The molecule has 0 bridgehead atoms. The number of hydrogen-bond donors (Lipinski definition) is 1. The van der Waals surface area contributed by atoms with Crippen molar-refractivity contribution in [3.8, 4) is 0 Å². The van der Waals surface area contributed by atoms with Crippen molar-refractivity contribution in [2.45, 2.75) is 70.0 Å². The van der Waals surface area contributed by atoms with Gasteiger partial charge in [0.25, 0.3) is 0 Å². The Hall–Kier alpha value is -2.97. The van der Waals surface area contributed by atoms with Crippen LogP contribution in [0.5, 0.6) is 0 Å². The van der Waals surface area contributed by atoms with Gasteiger partial charge in [0.05, 0.1) is 30.6 Å². The lowest BCUT2D eigenvalue weighted by Crippen LogP contribution is -2.58. The first-order valence-corrected chi connectivity index (χ1v) is 13.4. The minimum atomic E-state index is -1.26. The SMILES string of the molecule is CCCC(C)N1CC=C[C@]23O[C@@H]4C=CCN(Cc5ccccc5)C(=O)[C@@H]4[C@H]2C(=O)N([C@H](C)CO)C3C1=O. The van der Waals surface area contributed by atoms with Crippen molar-refractivity contribution in [3.63, 3.8) is 0 Å². The number of carbonyl (C=O) groups is 3. The zero-order valence-corrected chi connectivity index (χ0v) is 21.8. The fourth-order valence-corrected chi connectivity index (χ4v) is 6.62. The number of benzene rings is 1. The second kappa shape index (κ2) is 10.1. The van der Waals surface area contributed by atoms with Crippen molar-refractivity contribution in [3.05, 3.63) is 60.2 Å². The van der Waals surface area contributed by atoms with Crippen LogP contribution in [0.25, 0.3) is 0 Å². The summed E-state index contributed by atoms with van der Waals surface area (Å²) < 4.78 is 6.65. The van der Waals surface area contributed by atoms with Gasteiger partial charge in [-0.15, -0.1) is 0 Å². The molecular weight excluding hydrogens is 470 g/mol. The van der Waals surface area contributed by atoms with Gasteiger partial charge in [-0.2, -0.15) is 0 Å². The molecule has 4 aliphatic rings. The molecule has 1 N–H and O–H groups in total. The Morgan fingerprint density at radius 3 is 2.49 bits per heavy atom. The summed E-state index contributed by atoms with van der Waals surface area (Å²) >= 11 is 0. The van der Waals surface area contributed by atoms with Crippen LogP contribution in [0.3, 0.4) is 0 Å². The summed E-state index contributed by atoms with van der Waals surface area (Å²) in [5, 5.41) is 10.1. The largest absolute Gasteiger partial charge is 0.394 e. The summed E-state index contributed by atoms with van der Waals surface area (Å²) in [5.74, 6) is -2.22. The maximum Gasteiger partial charge on any atom is 0.249 e. The lowest BCUT2D eigenvalue weighted by atomic mass is 9.77. The molecule has 0 aliphatic carbocycles. The van der Waals surface area contributed by atoms with Gasteiger partial charge in [0, 0.05) is 25.7 Å². The Labute approximate surface area is 218 Å². The normalized spacial score (nSPS) is 32.6. The third-order valence-corrected chi connectivity index (χ3v) is 8.41. The molecule has 0 radical (unpaired) electrons. The highest BCUT2D eigenvalue weighted by Gasteiger charge is 2.72.